The molecule has 0 bridgehead atoms. The molecule has 0 radical (unpaired) electrons. The summed E-state index contributed by atoms with van der Waals surface area (Å²) < 4.78 is 26.4. The van der Waals surface area contributed by atoms with Crippen molar-refractivity contribution in [3.05, 3.63) is 30.3 Å². The van der Waals surface area contributed by atoms with Crippen LogP contribution in [0.4, 0.5) is 0 Å². The highest BCUT2D eigenvalue weighted by atomic mass is 32.2. The van der Waals surface area contributed by atoms with Crippen LogP contribution >= 0.6 is 0 Å². The lowest BCUT2D eigenvalue weighted by Crippen LogP contribution is -2.38. The van der Waals surface area contributed by atoms with E-state index in [4.69, 9.17) is 0 Å². The molecule has 0 aromatic heterocycles. The summed E-state index contributed by atoms with van der Waals surface area (Å²) in [6.07, 6.45) is 2.04. The van der Waals surface area contributed by atoms with Crippen molar-refractivity contribution >= 4 is 15.9 Å². The van der Waals surface area contributed by atoms with E-state index >= 15 is 0 Å². The van der Waals surface area contributed by atoms with Gasteiger partial charge in [-0.1, -0.05) is 18.2 Å². The van der Waals surface area contributed by atoms with Gasteiger partial charge >= 0.3 is 0 Å². The normalized spacial score (nSPS) is 15.2. The molecule has 1 aromatic rings. The maximum Gasteiger partial charge on any atom is 0.240 e. The number of hydrogen-bond acceptors (Lipinski definition) is 3. The van der Waals surface area contributed by atoms with Gasteiger partial charge in [0.15, 0.2) is 0 Å². The Morgan fingerprint density at radius 2 is 1.95 bits per heavy atom. The van der Waals surface area contributed by atoms with Crippen molar-refractivity contribution in [2.75, 3.05) is 13.1 Å². The van der Waals surface area contributed by atoms with Gasteiger partial charge in [-0.3, -0.25) is 4.79 Å². The summed E-state index contributed by atoms with van der Waals surface area (Å²) in [6, 6.07) is 8.53. The molecule has 5 nitrogen and oxygen atoms in total. The highest BCUT2D eigenvalue weighted by Crippen LogP contribution is 2.26. The summed E-state index contributed by atoms with van der Waals surface area (Å²) in [5.41, 5.74) is 0. The highest BCUT2D eigenvalue weighted by Gasteiger charge is 2.30. The molecule has 0 saturated heterocycles. The van der Waals surface area contributed by atoms with Gasteiger partial charge in [0.2, 0.25) is 15.9 Å². The van der Waals surface area contributed by atoms with Gasteiger partial charge in [0, 0.05) is 26.1 Å². The molecule has 19 heavy (non-hydrogen) atoms. The molecule has 2 rings (SSSR count). The molecule has 0 spiro atoms. The molecule has 6 heteroatoms. The molecular formula is C13H18N2O3S. The Balaban J connectivity index is 1.90. The molecule has 1 aliphatic carbocycles. The molecule has 1 aliphatic rings. The number of hydrogen-bond donors (Lipinski definition) is 1. The fourth-order valence-electron chi connectivity index (χ4n) is 1.97. The van der Waals surface area contributed by atoms with Gasteiger partial charge in [0.1, 0.15) is 0 Å². The lowest BCUT2D eigenvalue weighted by Gasteiger charge is -2.20. The Hall–Kier alpha value is -1.40. The van der Waals surface area contributed by atoms with E-state index in [1.807, 2.05) is 0 Å². The van der Waals surface area contributed by atoms with Crippen molar-refractivity contribution in [2.45, 2.75) is 30.7 Å². The zero-order chi connectivity index (χ0) is 13.9. The van der Waals surface area contributed by atoms with Crippen LogP contribution in [0, 0.1) is 0 Å². The predicted octanol–water partition coefficient (Wildman–Crippen LogP) is 0.976. The summed E-state index contributed by atoms with van der Waals surface area (Å²) >= 11 is 0. The lowest BCUT2D eigenvalue weighted by molar-refractivity contribution is -0.129. The topological polar surface area (TPSA) is 66.5 Å². The second-order valence-corrected chi connectivity index (χ2v) is 6.42. The fraction of sp³-hybridized carbons (Fsp3) is 0.462. The Morgan fingerprint density at radius 3 is 2.47 bits per heavy atom. The molecule has 0 unspecified atom stereocenters. The van der Waals surface area contributed by atoms with Crippen LogP contribution in [0.15, 0.2) is 35.2 Å². The number of benzene rings is 1. The van der Waals surface area contributed by atoms with Crippen molar-refractivity contribution in [3.63, 3.8) is 0 Å². The summed E-state index contributed by atoms with van der Waals surface area (Å²) in [6.45, 7) is 2.18. The molecule has 1 amide bonds. The number of sulfonamides is 1. The van der Waals surface area contributed by atoms with E-state index in [0.717, 1.165) is 12.8 Å². The third kappa shape index (κ3) is 3.78. The van der Waals surface area contributed by atoms with Gasteiger partial charge in [-0.25, -0.2) is 13.1 Å². The highest BCUT2D eigenvalue weighted by molar-refractivity contribution is 7.89. The summed E-state index contributed by atoms with van der Waals surface area (Å²) in [5, 5.41) is 0. The van der Waals surface area contributed by atoms with Crippen LogP contribution in [0.1, 0.15) is 19.8 Å². The smallest absolute Gasteiger partial charge is 0.240 e. The first kappa shape index (κ1) is 14.0. The van der Waals surface area contributed by atoms with E-state index in [-0.39, 0.29) is 17.3 Å². The molecule has 0 aliphatic heterocycles. The van der Waals surface area contributed by atoms with Crippen LogP contribution in [-0.4, -0.2) is 38.4 Å². The van der Waals surface area contributed by atoms with E-state index in [2.05, 4.69) is 4.72 Å². The second kappa shape index (κ2) is 5.71. The van der Waals surface area contributed by atoms with Gasteiger partial charge in [0.05, 0.1) is 4.90 Å². The average Bonchev–Trinajstić information content (AvgIpc) is 3.19. The van der Waals surface area contributed by atoms with Crippen LogP contribution < -0.4 is 4.72 Å². The first-order valence-corrected chi connectivity index (χ1v) is 7.81. The average molecular weight is 282 g/mol. The van der Waals surface area contributed by atoms with Crippen LogP contribution in [0.2, 0.25) is 0 Å². The zero-order valence-corrected chi connectivity index (χ0v) is 11.7. The van der Waals surface area contributed by atoms with Crippen molar-refractivity contribution < 1.29 is 13.2 Å². The Morgan fingerprint density at radius 1 is 1.32 bits per heavy atom. The first-order chi connectivity index (χ1) is 9.00. The van der Waals surface area contributed by atoms with Crippen LogP contribution in [0.5, 0.6) is 0 Å². The number of carbonyl (C=O) groups is 1. The molecule has 1 N–H and O–H groups in total. The minimum absolute atomic E-state index is 0.00130. The van der Waals surface area contributed by atoms with E-state index < -0.39 is 10.0 Å². The van der Waals surface area contributed by atoms with E-state index in [9.17, 15) is 13.2 Å². The zero-order valence-electron chi connectivity index (χ0n) is 10.9. The number of nitrogens with one attached hydrogen (secondary N) is 1. The van der Waals surface area contributed by atoms with Crippen molar-refractivity contribution in [1.29, 1.82) is 0 Å². The summed E-state index contributed by atoms with van der Waals surface area (Å²) in [7, 11) is -3.47. The van der Waals surface area contributed by atoms with Gasteiger partial charge in [-0.05, 0) is 25.0 Å². The Bertz CT molecular complexity index is 538. The van der Waals surface area contributed by atoms with Crippen LogP contribution in [-0.2, 0) is 14.8 Å². The number of rotatable bonds is 6. The lowest BCUT2D eigenvalue weighted by atomic mass is 10.4. The van der Waals surface area contributed by atoms with E-state index in [0.29, 0.717) is 12.6 Å². The fourth-order valence-corrected chi connectivity index (χ4v) is 3.01. The number of nitrogens with zero attached hydrogens (tertiary/aromatic N) is 1. The molecular weight excluding hydrogens is 264 g/mol. The van der Waals surface area contributed by atoms with Gasteiger partial charge in [-0.2, -0.15) is 0 Å². The number of carbonyl (C=O) groups excluding carboxylic acids is 1. The third-order valence-corrected chi connectivity index (χ3v) is 4.57. The molecule has 0 atom stereocenters. The van der Waals surface area contributed by atoms with Gasteiger partial charge in [0.25, 0.3) is 0 Å². The predicted molar refractivity (Wildman–Crippen MR) is 72.0 cm³/mol. The van der Waals surface area contributed by atoms with Crippen LogP contribution in [0.3, 0.4) is 0 Å². The monoisotopic (exact) mass is 282 g/mol. The third-order valence-electron chi connectivity index (χ3n) is 3.09. The van der Waals surface area contributed by atoms with Crippen molar-refractivity contribution in [2.24, 2.45) is 0 Å². The van der Waals surface area contributed by atoms with Crippen molar-refractivity contribution in [3.8, 4) is 0 Å². The van der Waals surface area contributed by atoms with Gasteiger partial charge in [-0.15, -0.1) is 0 Å². The molecule has 104 valence electrons. The molecule has 0 heterocycles. The van der Waals surface area contributed by atoms with E-state index in [1.54, 1.807) is 35.2 Å². The Labute approximate surface area is 113 Å². The molecule has 1 aromatic carbocycles. The number of amides is 1. The van der Waals surface area contributed by atoms with Crippen molar-refractivity contribution in [1.82, 2.24) is 9.62 Å². The minimum Gasteiger partial charge on any atom is -0.339 e. The quantitative estimate of drug-likeness (QED) is 0.845. The van der Waals surface area contributed by atoms with Gasteiger partial charge < -0.3 is 4.90 Å². The Kier molecular flexibility index (Phi) is 4.21. The maximum absolute atomic E-state index is 12.0. The summed E-state index contributed by atoms with van der Waals surface area (Å²) in [4.78, 5) is 13.4. The summed E-state index contributed by atoms with van der Waals surface area (Å²) in [5.74, 6) is 0.00130. The minimum atomic E-state index is -3.47. The SMILES string of the molecule is CC(=O)N(CCNS(=O)(=O)c1ccccc1)C1CC1. The largest absolute Gasteiger partial charge is 0.339 e. The van der Waals surface area contributed by atoms with E-state index in [1.165, 1.54) is 6.92 Å². The van der Waals surface area contributed by atoms with Crippen LogP contribution in [0.25, 0.3) is 0 Å². The maximum atomic E-state index is 12.0. The molecule has 1 fully saturated rings. The second-order valence-electron chi connectivity index (χ2n) is 4.65. The molecule has 1 saturated carbocycles. The standard InChI is InChI=1S/C13H18N2O3S/c1-11(16)15(12-7-8-12)10-9-14-19(17,18)13-5-3-2-4-6-13/h2-6,12,14H,7-10H2,1H3. The first-order valence-electron chi connectivity index (χ1n) is 6.32.